The molecule has 0 aromatic heterocycles. The lowest BCUT2D eigenvalue weighted by molar-refractivity contribution is 0.177. The quantitative estimate of drug-likeness (QED) is 0.691. The maximum atomic E-state index is 12.8. The van der Waals surface area contributed by atoms with Gasteiger partial charge < -0.3 is 9.84 Å². The van der Waals surface area contributed by atoms with Crippen molar-refractivity contribution < 1.29 is 27.4 Å². The van der Waals surface area contributed by atoms with Crippen LogP contribution in [0.25, 0.3) is 0 Å². The number of methoxy groups -OCH3 is 1. The number of rotatable bonds is 3. The molecular weight excluding hydrogens is 255 g/mol. The van der Waals surface area contributed by atoms with Crippen molar-refractivity contribution in [3.05, 3.63) is 24.0 Å². The Balaban J connectivity index is 2.90. The molecule has 0 atom stereocenters. The van der Waals surface area contributed by atoms with Gasteiger partial charge in [-0.3, -0.25) is 4.72 Å². The lowest BCUT2D eigenvalue weighted by Crippen LogP contribution is -2.35. The molecular formula is C8H9FN2O5S. The molecule has 1 rings (SSSR count). The third-order valence-electron chi connectivity index (χ3n) is 1.61. The van der Waals surface area contributed by atoms with Gasteiger partial charge in [0.05, 0.1) is 12.8 Å². The van der Waals surface area contributed by atoms with Crippen LogP contribution in [0.3, 0.4) is 0 Å². The van der Waals surface area contributed by atoms with E-state index in [0.717, 1.165) is 25.3 Å². The molecule has 0 bridgehead atoms. The Labute approximate surface area is 96.4 Å². The van der Waals surface area contributed by atoms with Gasteiger partial charge in [-0.1, -0.05) is 0 Å². The molecule has 1 aromatic rings. The second-order valence-corrected chi connectivity index (χ2v) is 4.28. The number of nitrogens with one attached hydrogen (secondary N) is 2. The predicted octanol–water partition coefficient (Wildman–Crippen LogP) is 0.544. The van der Waals surface area contributed by atoms with Crippen molar-refractivity contribution in [2.24, 2.45) is 0 Å². The van der Waals surface area contributed by atoms with E-state index in [1.807, 2.05) is 0 Å². The lowest BCUT2D eigenvalue weighted by Gasteiger charge is -2.09. The van der Waals surface area contributed by atoms with Gasteiger partial charge in [0.1, 0.15) is 11.6 Å². The number of aromatic hydroxyl groups is 1. The topological polar surface area (TPSA) is 105 Å². The van der Waals surface area contributed by atoms with Crippen LogP contribution in [0.4, 0.5) is 14.9 Å². The van der Waals surface area contributed by atoms with Crippen LogP contribution in [0.15, 0.2) is 18.2 Å². The number of hydrogen-bond acceptors (Lipinski definition) is 5. The summed E-state index contributed by atoms with van der Waals surface area (Å²) >= 11 is 0. The Hall–Kier alpha value is -2.03. The lowest BCUT2D eigenvalue weighted by atomic mass is 10.3. The molecule has 0 aliphatic heterocycles. The number of hydrogen-bond donors (Lipinski definition) is 3. The molecule has 17 heavy (non-hydrogen) atoms. The molecule has 1 aromatic carbocycles. The van der Waals surface area contributed by atoms with E-state index >= 15 is 0 Å². The third kappa shape index (κ3) is 3.79. The highest BCUT2D eigenvalue weighted by Gasteiger charge is 2.16. The smallest absolute Gasteiger partial charge is 0.422 e. The Kier molecular flexibility index (Phi) is 3.73. The van der Waals surface area contributed by atoms with Crippen molar-refractivity contribution >= 4 is 22.0 Å². The Morgan fingerprint density at radius 1 is 1.47 bits per heavy atom. The van der Waals surface area contributed by atoms with Crippen LogP contribution in [-0.2, 0) is 14.9 Å². The first kappa shape index (κ1) is 13.0. The number of carbonyl (C=O) groups is 1. The van der Waals surface area contributed by atoms with Crippen molar-refractivity contribution in [1.82, 2.24) is 4.72 Å². The fraction of sp³-hybridized carbons (Fsp3) is 0.125. The minimum absolute atomic E-state index is 0.401. The van der Waals surface area contributed by atoms with Gasteiger partial charge in [0, 0.05) is 6.07 Å². The van der Waals surface area contributed by atoms with Gasteiger partial charge in [-0.15, -0.1) is 0 Å². The molecule has 0 fully saturated rings. The van der Waals surface area contributed by atoms with Crippen molar-refractivity contribution in [3.8, 4) is 5.75 Å². The van der Waals surface area contributed by atoms with E-state index < -0.39 is 33.6 Å². The summed E-state index contributed by atoms with van der Waals surface area (Å²) in [5, 5.41) is 9.25. The first-order valence-electron chi connectivity index (χ1n) is 4.21. The summed E-state index contributed by atoms with van der Waals surface area (Å²) in [6.07, 6.45) is -1.21. The molecule has 3 N–H and O–H groups in total. The van der Waals surface area contributed by atoms with Gasteiger partial charge in [0.25, 0.3) is 0 Å². The largest absolute Gasteiger partial charge is 0.506 e. The van der Waals surface area contributed by atoms with E-state index in [1.54, 1.807) is 4.72 Å². The minimum Gasteiger partial charge on any atom is -0.506 e. The van der Waals surface area contributed by atoms with Crippen LogP contribution in [0.5, 0.6) is 5.75 Å². The molecule has 0 radical (unpaired) electrons. The van der Waals surface area contributed by atoms with Crippen LogP contribution in [-0.4, -0.2) is 26.7 Å². The number of halogens is 1. The van der Waals surface area contributed by atoms with Crippen molar-refractivity contribution in [3.63, 3.8) is 0 Å². The first-order valence-corrected chi connectivity index (χ1v) is 5.69. The second-order valence-electron chi connectivity index (χ2n) is 2.86. The van der Waals surface area contributed by atoms with E-state index in [2.05, 4.69) is 4.74 Å². The van der Waals surface area contributed by atoms with Crippen LogP contribution in [0.2, 0.25) is 0 Å². The van der Waals surface area contributed by atoms with E-state index in [1.165, 1.54) is 4.72 Å². The standard InChI is InChI=1S/C8H9FN2O5S/c1-16-8(13)11-17(14,15)10-6-4-5(9)2-3-7(6)12/h2-4,10,12H,1H3,(H,11,13). The minimum atomic E-state index is -4.29. The summed E-state index contributed by atoms with van der Waals surface area (Å²) < 4.78 is 42.6. The van der Waals surface area contributed by atoms with Gasteiger partial charge in [-0.25, -0.2) is 13.9 Å². The highest BCUT2D eigenvalue weighted by molar-refractivity contribution is 7.91. The Bertz CT molecular complexity index is 531. The van der Waals surface area contributed by atoms with Gasteiger partial charge in [-0.05, 0) is 12.1 Å². The number of carbonyl (C=O) groups excluding carboxylic acids is 1. The van der Waals surface area contributed by atoms with Crippen molar-refractivity contribution in [2.45, 2.75) is 0 Å². The molecule has 0 heterocycles. The zero-order valence-electron chi connectivity index (χ0n) is 8.60. The van der Waals surface area contributed by atoms with Gasteiger partial charge in [0.2, 0.25) is 0 Å². The molecule has 0 aliphatic rings. The van der Waals surface area contributed by atoms with Crippen molar-refractivity contribution in [1.29, 1.82) is 0 Å². The van der Waals surface area contributed by atoms with Gasteiger partial charge >= 0.3 is 16.3 Å². The zero-order chi connectivity index (χ0) is 13.1. The number of ether oxygens (including phenoxy) is 1. The maximum Gasteiger partial charge on any atom is 0.422 e. The molecule has 0 spiro atoms. The molecule has 9 heteroatoms. The van der Waals surface area contributed by atoms with Gasteiger partial charge in [0.15, 0.2) is 0 Å². The number of phenols is 1. The number of amides is 1. The van der Waals surface area contributed by atoms with E-state index in [0.29, 0.717) is 0 Å². The first-order chi connectivity index (χ1) is 7.84. The SMILES string of the molecule is COC(=O)NS(=O)(=O)Nc1cc(F)ccc1O. The average Bonchev–Trinajstić information content (AvgIpc) is 2.22. The number of anilines is 1. The van der Waals surface area contributed by atoms with E-state index in [-0.39, 0.29) is 0 Å². The van der Waals surface area contributed by atoms with Crippen molar-refractivity contribution in [2.75, 3.05) is 11.8 Å². The highest BCUT2D eigenvalue weighted by atomic mass is 32.2. The average molecular weight is 264 g/mol. The van der Waals surface area contributed by atoms with Crippen LogP contribution in [0.1, 0.15) is 0 Å². The van der Waals surface area contributed by atoms with E-state index in [4.69, 9.17) is 0 Å². The second kappa shape index (κ2) is 4.87. The fourth-order valence-electron chi connectivity index (χ4n) is 0.912. The Morgan fingerprint density at radius 2 is 2.12 bits per heavy atom. The number of benzene rings is 1. The molecule has 7 nitrogen and oxygen atoms in total. The fourth-order valence-corrected chi connectivity index (χ4v) is 1.72. The maximum absolute atomic E-state index is 12.8. The van der Waals surface area contributed by atoms with Crippen LogP contribution < -0.4 is 9.44 Å². The third-order valence-corrected chi connectivity index (χ3v) is 2.53. The highest BCUT2D eigenvalue weighted by Crippen LogP contribution is 2.24. The summed E-state index contributed by atoms with van der Waals surface area (Å²) in [4.78, 5) is 10.7. The predicted molar refractivity (Wildman–Crippen MR) is 56.1 cm³/mol. The summed E-state index contributed by atoms with van der Waals surface area (Å²) in [5.41, 5.74) is -0.401. The summed E-state index contributed by atoms with van der Waals surface area (Å²) in [7, 11) is -3.31. The van der Waals surface area contributed by atoms with Gasteiger partial charge in [-0.2, -0.15) is 8.42 Å². The Morgan fingerprint density at radius 3 is 2.71 bits per heavy atom. The molecule has 0 saturated carbocycles. The number of phenolic OH excluding ortho intramolecular Hbond substituents is 1. The van der Waals surface area contributed by atoms with E-state index in [9.17, 15) is 22.7 Å². The molecule has 1 amide bonds. The van der Waals surface area contributed by atoms with Crippen LogP contribution in [0, 0.1) is 5.82 Å². The normalized spacial score (nSPS) is 10.7. The molecule has 0 saturated heterocycles. The molecule has 0 unspecified atom stereocenters. The molecule has 0 aliphatic carbocycles. The monoisotopic (exact) mass is 264 g/mol. The van der Waals surface area contributed by atoms with Crippen LogP contribution >= 0.6 is 0 Å². The summed E-state index contributed by atoms with van der Waals surface area (Å²) in [6, 6.07) is 2.66. The summed E-state index contributed by atoms with van der Waals surface area (Å²) in [6.45, 7) is 0. The molecule has 94 valence electrons. The summed E-state index contributed by atoms with van der Waals surface area (Å²) in [5.74, 6) is -1.24. The zero-order valence-corrected chi connectivity index (χ0v) is 9.41.